The SMILES string of the molecule is CC12CCCCC1(C)N(c1ccc(C#N)cc1)c1ccc(-c3ccc4c(c3)Cc3ccccc3-4)cc12. The number of hydrogen-bond acceptors (Lipinski definition) is 2. The largest absolute Gasteiger partial charge is 0.334 e. The third-order valence-electron chi connectivity index (χ3n) is 9.49. The van der Waals surface area contributed by atoms with Gasteiger partial charge in [0.25, 0.3) is 0 Å². The number of rotatable bonds is 2. The Labute approximate surface area is 213 Å². The van der Waals surface area contributed by atoms with E-state index < -0.39 is 0 Å². The van der Waals surface area contributed by atoms with Crippen molar-refractivity contribution in [3.63, 3.8) is 0 Å². The first-order chi connectivity index (χ1) is 17.5. The van der Waals surface area contributed by atoms with Gasteiger partial charge in [0.05, 0.1) is 17.2 Å². The topological polar surface area (TPSA) is 27.0 Å². The van der Waals surface area contributed by atoms with E-state index in [1.54, 1.807) is 0 Å². The van der Waals surface area contributed by atoms with Crippen LogP contribution in [-0.2, 0) is 11.8 Å². The summed E-state index contributed by atoms with van der Waals surface area (Å²) in [6.07, 6.45) is 5.92. The highest BCUT2D eigenvalue weighted by Crippen LogP contribution is 2.61. The molecule has 2 heteroatoms. The Morgan fingerprint density at radius 2 is 1.47 bits per heavy atom. The van der Waals surface area contributed by atoms with Crippen LogP contribution in [0.1, 0.15) is 61.8 Å². The molecule has 2 atom stereocenters. The lowest BCUT2D eigenvalue weighted by molar-refractivity contribution is 0.195. The minimum absolute atomic E-state index is 0.0138. The lowest BCUT2D eigenvalue weighted by Crippen LogP contribution is -2.54. The third kappa shape index (κ3) is 2.83. The summed E-state index contributed by atoms with van der Waals surface area (Å²) in [7, 11) is 0. The van der Waals surface area contributed by atoms with Crippen molar-refractivity contribution in [3.05, 3.63) is 107 Å². The van der Waals surface area contributed by atoms with Gasteiger partial charge in [0.1, 0.15) is 0 Å². The van der Waals surface area contributed by atoms with Gasteiger partial charge >= 0.3 is 0 Å². The van der Waals surface area contributed by atoms with E-state index >= 15 is 0 Å². The van der Waals surface area contributed by atoms with Crippen molar-refractivity contribution in [2.75, 3.05) is 4.90 Å². The first kappa shape index (κ1) is 21.5. The Bertz CT molecular complexity index is 1560. The number of nitriles is 1. The van der Waals surface area contributed by atoms with Crippen molar-refractivity contribution in [3.8, 4) is 28.3 Å². The highest BCUT2D eigenvalue weighted by molar-refractivity contribution is 5.83. The molecule has 0 amide bonds. The van der Waals surface area contributed by atoms with Crippen molar-refractivity contribution < 1.29 is 0 Å². The van der Waals surface area contributed by atoms with E-state index in [2.05, 4.69) is 97.6 Å². The third-order valence-corrected chi connectivity index (χ3v) is 9.49. The molecule has 36 heavy (non-hydrogen) atoms. The standard InChI is InChI=1S/C34H30N2/c1-33-17-5-6-18-34(33,2)36(28-13-9-23(22-35)10-14-28)32-16-12-25(21-31(32)33)24-11-15-30-27(19-24)20-26-7-3-4-8-29(26)30/h3-4,7-16,19,21H,5-6,17-18,20H2,1-2H3. The van der Waals surface area contributed by atoms with Crippen LogP contribution < -0.4 is 4.90 Å². The molecule has 4 aromatic rings. The first-order valence-corrected chi connectivity index (χ1v) is 13.2. The average Bonchev–Trinajstić information content (AvgIpc) is 3.38. The van der Waals surface area contributed by atoms with Crippen molar-refractivity contribution in [2.24, 2.45) is 0 Å². The molecule has 2 nitrogen and oxygen atoms in total. The molecule has 1 saturated carbocycles. The molecule has 1 heterocycles. The van der Waals surface area contributed by atoms with E-state index in [4.69, 9.17) is 0 Å². The molecule has 3 aliphatic rings. The number of nitrogens with zero attached hydrogens (tertiary/aromatic N) is 2. The quantitative estimate of drug-likeness (QED) is 0.261. The van der Waals surface area contributed by atoms with Crippen LogP contribution in [-0.4, -0.2) is 5.54 Å². The summed E-state index contributed by atoms with van der Waals surface area (Å²) in [6.45, 7) is 4.94. The maximum atomic E-state index is 9.32. The number of anilines is 2. The van der Waals surface area contributed by atoms with E-state index in [0.29, 0.717) is 5.56 Å². The van der Waals surface area contributed by atoms with E-state index in [0.717, 1.165) is 6.42 Å². The second-order valence-electron chi connectivity index (χ2n) is 11.2. The van der Waals surface area contributed by atoms with Crippen LogP contribution in [0.4, 0.5) is 11.4 Å². The van der Waals surface area contributed by atoms with Gasteiger partial charge in [-0.05, 0) is 102 Å². The van der Waals surface area contributed by atoms with Crippen LogP contribution in [0, 0.1) is 11.3 Å². The smallest absolute Gasteiger partial charge is 0.0991 e. The molecule has 1 aliphatic heterocycles. The average molecular weight is 467 g/mol. The first-order valence-electron chi connectivity index (χ1n) is 13.2. The second-order valence-corrected chi connectivity index (χ2v) is 11.2. The molecule has 0 spiro atoms. The maximum absolute atomic E-state index is 9.32. The van der Waals surface area contributed by atoms with Gasteiger partial charge in [0.15, 0.2) is 0 Å². The molecular weight excluding hydrogens is 436 g/mol. The summed E-state index contributed by atoms with van der Waals surface area (Å²) in [4.78, 5) is 2.58. The van der Waals surface area contributed by atoms with Crippen molar-refractivity contribution >= 4 is 11.4 Å². The van der Waals surface area contributed by atoms with Crippen LogP contribution >= 0.6 is 0 Å². The predicted octanol–water partition coefficient (Wildman–Crippen LogP) is 8.54. The van der Waals surface area contributed by atoms with Crippen LogP contribution in [0.2, 0.25) is 0 Å². The maximum Gasteiger partial charge on any atom is 0.0991 e. The Balaban J connectivity index is 1.35. The van der Waals surface area contributed by atoms with Crippen LogP contribution in [0.15, 0.2) is 84.9 Å². The molecule has 1 fully saturated rings. The van der Waals surface area contributed by atoms with Gasteiger partial charge in [-0.2, -0.15) is 5.26 Å². The minimum Gasteiger partial charge on any atom is -0.334 e. The van der Waals surface area contributed by atoms with Crippen LogP contribution in [0.5, 0.6) is 0 Å². The highest BCUT2D eigenvalue weighted by atomic mass is 15.3. The molecule has 0 radical (unpaired) electrons. The molecule has 0 bridgehead atoms. The van der Waals surface area contributed by atoms with E-state index in [1.165, 1.54) is 76.0 Å². The Hall–Kier alpha value is -3.83. The van der Waals surface area contributed by atoms with Gasteiger partial charge in [0.2, 0.25) is 0 Å². The molecule has 2 aliphatic carbocycles. The van der Waals surface area contributed by atoms with Gasteiger partial charge in [0, 0.05) is 16.8 Å². The number of benzene rings is 4. The fourth-order valence-electron chi connectivity index (χ4n) is 7.33. The van der Waals surface area contributed by atoms with Crippen LogP contribution in [0.3, 0.4) is 0 Å². The zero-order valence-corrected chi connectivity index (χ0v) is 21.0. The highest BCUT2D eigenvalue weighted by Gasteiger charge is 2.57. The summed E-state index contributed by atoms with van der Waals surface area (Å²) < 4.78 is 0. The zero-order valence-electron chi connectivity index (χ0n) is 21.0. The number of hydrogen-bond donors (Lipinski definition) is 0. The van der Waals surface area contributed by atoms with Gasteiger partial charge in [-0.25, -0.2) is 0 Å². The Kier molecular flexibility index (Phi) is 4.52. The van der Waals surface area contributed by atoms with Crippen molar-refractivity contribution in [1.29, 1.82) is 5.26 Å². The fourth-order valence-corrected chi connectivity index (χ4v) is 7.33. The molecule has 0 N–H and O–H groups in total. The molecule has 4 aromatic carbocycles. The molecule has 7 rings (SSSR count). The number of fused-ring (bicyclic) bond motifs is 6. The molecular formula is C34H30N2. The second kappa shape index (κ2) is 7.58. The molecule has 0 saturated heterocycles. The normalized spacial score (nSPS) is 23.4. The lowest BCUT2D eigenvalue weighted by Gasteiger charge is -2.50. The van der Waals surface area contributed by atoms with E-state index in [9.17, 15) is 5.26 Å². The molecule has 0 aromatic heterocycles. The van der Waals surface area contributed by atoms with Gasteiger partial charge in [-0.15, -0.1) is 0 Å². The Morgan fingerprint density at radius 1 is 0.750 bits per heavy atom. The summed E-state index contributed by atoms with van der Waals surface area (Å²) in [6, 6.07) is 33.4. The van der Waals surface area contributed by atoms with E-state index in [-0.39, 0.29) is 11.0 Å². The molecule has 2 unspecified atom stereocenters. The minimum atomic E-state index is 0.0138. The van der Waals surface area contributed by atoms with Crippen molar-refractivity contribution in [1.82, 2.24) is 0 Å². The van der Waals surface area contributed by atoms with E-state index in [1.807, 2.05) is 12.1 Å². The van der Waals surface area contributed by atoms with Gasteiger partial charge in [-0.3, -0.25) is 0 Å². The van der Waals surface area contributed by atoms with Crippen molar-refractivity contribution in [2.45, 2.75) is 56.9 Å². The van der Waals surface area contributed by atoms with Gasteiger partial charge in [-0.1, -0.05) is 68.3 Å². The summed E-state index contributed by atoms with van der Waals surface area (Å²) in [5.41, 5.74) is 13.0. The molecule has 176 valence electrons. The summed E-state index contributed by atoms with van der Waals surface area (Å²) in [5, 5.41) is 9.32. The fraction of sp³-hybridized carbons (Fsp3) is 0.265. The lowest BCUT2D eigenvalue weighted by atomic mass is 9.61. The predicted molar refractivity (Wildman–Crippen MR) is 148 cm³/mol. The van der Waals surface area contributed by atoms with Crippen LogP contribution in [0.25, 0.3) is 22.3 Å². The van der Waals surface area contributed by atoms with Gasteiger partial charge < -0.3 is 4.90 Å². The summed E-state index contributed by atoms with van der Waals surface area (Å²) in [5.74, 6) is 0. The summed E-state index contributed by atoms with van der Waals surface area (Å²) >= 11 is 0. The Morgan fingerprint density at radius 3 is 2.31 bits per heavy atom. The zero-order chi connectivity index (χ0) is 24.5. The monoisotopic (exact) mass is 466 g/mol.